The number of nitrogens with one attached hydrogen (secondary N) is 1. The quantitative estimate of drug-likeness (QED) is 0.752. The summed E-state index contributed by atoms with van der Waals surface area (Å²) in [5.41, 5.74) is 2.10. The number of amides is 1. The van der Waals surface area contributed by atoms with Gasteiger partial charge in [-0.2, -0.15) is 4.57 Å². The highest BCUT2D eigenvalue weighted by molar-refractivity contribution is 5.84. The van der Waals surface area contributed by atoms with Crippen LogP contribution in [-0.2, 0) is 6.54 Å². The van der Waals surface area contributed by atoms with Crippen molar-refractivity contribution in [2.24, 2.45) is 0 Å². The zero-order valence-electron chi connectivity index (χ0n) is 13.0. The Bertz CT molecular complexity index is 811. The molecule has 4 heteroatoms. The average Bonchev–Trinajstić information content (AvgIpc) is 2.56. The summed E-state index contributed by atoms with van der Waals surface area (Å²) in [5, 5.41) is 3.69. The SMILES string of the molecule is CCNC(=O)Oc1cccc2ccc[n+](Cc3ccccc3)c12. The lowest BCUT2D eigenvalue weighted by atomic mass is 10.1. The summed E-state index contributed by atoms with van der Waals surface area (Å²) in [7, 11) is 0. The molecular weight excluding hydrogens is 288 g/mol. The van der Waals surface area contributed by atoms with Crippen molar-refractivity contribution in [1.29, 1.82) is 0 Å². The van der Waals surface area contributed by atoms with Gasteiger partial charge in [-0.1, -0.05) is 36.4 Å². The maximum atomic E-state index is 11.8. The summed E-state index contributed by atoms with van der Waals surface area (Å²) in [4.78, 5) is 11.8. The van der Waals surface area contributed by atoms with Crippen LogP contribution < -0.4 is 14.6 Å². The minimum atomic E-state index is -0.435. The van der Waals surface area contributed by atoms with E-state index in [2.05, 4.69) is 22.0 Å². The van der Waals surface area contributed by atoms with Crippen molar-refractivity contribution in [3.8, 4) is 5.75 Å². The molecule has 1 heterocycles. The van der Waals surface area contributed by atoms with Gasteiger partial charge in [0.05, 0.1) is 5.39 Å². The number of nitrogens with zero attached hydrogens (tertiary/aromatic N) is 1. The third kappa shape index (κ3) is 3.48. The molecule has 0 aliphatic heterocycles. The van der Waals surface area contributed by atoms with Gasteiger partial charge >= 0.3 is 6.09 Å². The molecule has 0 saturated carbocycles. The number of pyridine rings is 1. The molecule has 0 atom stereocenters. The maximum absolute atomic E-state index is 11.8. The fourth-order valence-corrected chi connectivity index (χ4v) is 2.58. The second-order valence-electron chi connectivity index (χ2n) is 5.24. The monoisotopic (exact) mass is 307 g/mol. The van der Waals surface area contributed by atoms with Gasteiger partial charge in [-0.3, -0.25) is 0 Å². The van der Waals surface area contributed by atoms with Crippen LogP contribution in [0.1, 0.15) is 12.5 Å². The van der Waals surface area contributed by atoms with Crippen molar-refractivity contribution >= 4 is 17.0 Å². The highest BCUT2D eigenvalue weighted by Crippen LogP contribution is 2.22. The number of hydrogen-bond acceptors (Lipinski definition) is 2. The summed E-state index contributed by atoms with van der Waals surface area (Å²) in [6, 6.07) is 20.0. The minimum Gasteiger partial charge on any atom is -0.403 e. The van der Waals surface area contributed by atoms with E-state index in [1.807, 2.05) is 61.7 Å². The summed E-state index contributed by atoms with van der Waals surface area (Å²) in [6.07, 6.45) is 1.56. The number of carbonyl (C=O) groups excluding carboxylic acids is 1. The molecule has 0 saturated heterocycles. The Morgan fingerprint density at radius 1 is 1.04 bits per heavy atom. The Hall–Kier alpha value is -2.88. The number of fused-ring (bicyclic) bond motifs is 1. The van der Waals surface area contributed by atoms with Crippen LogP contribution in [0.25, 0.3) is 10.9 Å². The topological polar surface area (TPSA) is 42.2 Å². The molecule has 3 rings (SSSR count). The Kier molecular flexibility index (Phi) is 4.52. The normalized spacial score (nSPS) is 10.5. The second kappa shape index (κ2) is 6.92. The Balaban J connectivity index is 2.02. The standard InChI is InChI=1S/C19H18N2O2/c1-2-20-19(22)23-17-12-6-10-16-11-7-13-21(18(16)17)14-15-8-4-3-5-9-15/h3-13H,2,14H2,1H3/p+1. The van der Waals surface area contributed by atoms with Crippen molar-refractivity contribution in [2.45, 2.75) is 13.5 Å². The van der Waals surface area contributed by atoms with Crippen molar-refractivity contribution in [2.75, 3.05) is 6.54 Å². The van der Waals surface area contributed by atoms with Crippen LogP contribution in [0, 0.1) is 0 Å². The zero-order chi connectivity index (χ0) is 16.1. The van der Waals surface area contributed by atoms with E-state index in [1.165, 1.54) is 5.56 Å². The molecule has 3 aromatic rings. The summed E-state index contributed by atoms with van der Waals surface area (Å²) >= 11 is 0. The van der Waals surface area contributed by atoms with Gasteiger partial charge in [-0.25, -0.2) is 4.79 Å². The molecule has 0 aliphatic rings. The number of aromatic nitrogens is 1. The van der Waals surface area contributed by atoms with Gasteiger partial charge in [0.2, 0.25) is 5.75 Å². The molecule has 0 fully saturated rings. The molecule has 116 valence electrons. The van der Waals surface area contributed by atoms with E-state index in [9.17, 15) is 4.79 Å². The van der Waals surface area contributed by atoms with Crippen LogP contribution in [0.2, 0.25) is 0 Å². The smallest absolute Gasteiger partial charge is 0.403 e. The number of carbonyl (C=O) groups is 1. The molecule has 0 unspecified atom stereocenters. The van der Waals surface area contributed by atoms with Crippen molar-refractivity contribution in [3.05, 3.63) is 72.4 Å². The fraction of sp³-hybridized carbons (Fsp3) is 0.158. The van der Waals surface area contributed by atoms with Crippen molar-refractivity contribution in [1.82, 2.24) is 5.32 Å². The largest absolute Gasteiger partial charge is 0.412 e. The molecule has 4 nitrogen and oxygen atoms in total. The number of rotatable bonds is 4. The molecular formula is C19H19N2O2+. The van der Waals surface area contributed by atoms with Gasteiger partial charge in [0, 0.05) is 18.2 Å². The average molecular weight is 307 g/mol. The van der Waals surface area contributed by atoms with E-state index >= 15 is 0 Å². The lowest BCUT2D eigenvalue weighted by Crippen LogP contribution is -2.35. The lowest BCUT2D eigenvalue weighted by molar-refractivity contribution is -0.662. The van der Waals surface area contributed by atoms with Crippen LogP contribution in [0.3, 0.4) is 0 Å². The van der Waals surface area contributed by atoms with Crippen LogP contribution >= 0.6 is 0 Å². The number of hydrogen-bond donors (Lipinski definition) is 1. The first-order chi connectivity index (χ1) is 11.3. The van der Waals surface area contributed by atoms with E-state index < -0.39 is 6.09 Å². The number of ether oxygens (including phenoxy) is 1. The minimum absolute atomic E-state index is 0.435. The molecule has 0 aliphatic carbocycles. The van der Waals surface area contributed by atoms with Crippen LogP contribution in [0.5, 0.6) is 5.75 Å². The van der Waals surface area contributed by atoms with E-state index in [0.717, 1.165) is 10.9 Å². The molecule has 1 aromatic heterocycles. The number of para-hydroxylation sites is 1. The zero-order valence-corrected chi connectivity index (χ0v) is 13.0. The van der Waals surface area contributed by atoms with Gasteiger partial charge in [0.25, 0.3) is 5.52 Å². The van der Waals surface area contributed by atoms with Crippen molar-refractivity contribution < 1.29 is 14.1 Å². The maximum Gasteiger partial charge on any atom is 0.412 e. The molecule has 23 heavy (non-hydrogen) atoms. The van der Waals surface area contributed by atoms with E-state index in [0.29, 0.717) is 18.8 Å². The number of benzene rings is 2. The Morgan fingerprint density at radius 2 is 1.83 bits per heavy atom. The molecule has 2 aromatic carbocycles. The van der Waals surface area contributed by atoms with Crippen molar-refractivity contribution in [3.63, 3.8) is 0 Å². The predicted octanol–water partition coefficient (Wildman–Crippen LogP) is 3.28. The van der Waals surface area contributed by atoms with Crippen LogP contribution in [0.15, 0.2) is 66.9 Å². The van der Waals surface area contributed by atoms with E-state index in [-0.39, 0.29) is 0 Å². The third-order valence-corrected chi connectivity index (χ3v) is 3.58. The fourth-order valence-electron chi connectivity index (χ4n) is 2.58. The molecule has 1 amide bonds. The molecule has 0 radical (unpaired) electrons. The molecule has 0 spiro atoms. The highest BCUT2D eigenvalue weighted by atomic mass is 16.6. The summed E-state index contributed by atoms with van der Waals surface area (Å²) in [6.45, 7) is 3.11. The third-order valence-electron chi connectivity index (χ3n) is 3.58. The predicted molar refractivity (Wildman–Crippen MR) is 89.4 cm³/mol. The Morgan fingerprint density at radius 3 is 2.61 bits per heavy atom. The van der Waals surface area contributed by atoms with Gasteiger partial charge in [-0.05, 0) is 25.1 Å². The first-order valence-electron chi connectivity index (χ1n) is 7.68. The molecule has 1 N–H and O–H groups in total. The highest BCUT2D eigenvalue weighted by Gasteiger charge is 2.17. The van der Waals surface area contributed by atoms with Crippen LogP contribution in [0.4, 0.5) is 4.79 Å². The van der Waals surface area contributed by atoms with Gasteiger partial charge in [-0.15, -0.1) is 0 Å². The van der Waals surface area contributed by atoms with Gasteiger partial charge in [0.15, 0.2) is 12.7 Å². The van der Waals surface area contributed by atoms with Crippen LogP contribution in [-0.4, -0.2) is 12.6 Å². The summed E-state index contributed by atoms with van der Waals surface area (Å²) < 4.78 is 7.57. The second-order valence-corrected chi connectivity index (χ2v) is 5.24. The van der Waals surface area contributed by atoms with E-state index in [1.54, 1.807) is 0 Å². The van der Waals surface area contributed by atoms with Gasteiger partial charge < -0.3 is 10.1 Å². The first kappa shape index (κ1) is 15.0. The van der Waals surface area contributed by atoms with E-state index in [4.69, 9.17) is 4.74 Å². The Labute approximate surface area is 135 Å². The lowest BCUT2D eigenvalue weighted by Gasteiger charge is -2.08. The molecule has 0 bridgehead atoms. The first-order valence-corrected chi connectivity index (χ1v) is 7.68. The summed E-state index contributed by atoms with van der Waals surface area (Å²) in [5.74, 6) is 0.560. The van der Waals surface area contributed by atoms with Gasteiger partial charge in [0.1, 0.15) is 0 Å².